The predicted molar refractivity (Wildman–Crippen MR) is 198 cm³/mol. The molecule has 3 heterocycles. The van der Waals surface area contributed by atoms with Gasteiger partial charge in [-0.05, 0) is 86.5 Å². The summed E-state index contributed by atoms with van der Waals surface area (Å²) in [5.74, 6) is -0.374. The van der Waals surface area contributed by atoms with Crippen LogP contribution in [0.3, 0.4) is 0 Å². The summed E-state index contributed by atoms with van der Waals surface area (Å²) in [4.78, 5) is 41.9. The van der Waals surface area contributed by atoms with Crippen molar-refractivity contribution in [2.75, 3.05) is 39.0 Å². The van der Waals surface area contributed by atoms with Crippen LogP contribution in [0.1, 0.15) is 74.8 Å². The Hall–Kier alpha value is -3.39. The number of ether oxygens (including phenoxy) is 2. The molecule has 52 heavy (non-hydrogen) atoms. The first-order chi connectivity index (χ1) is 25.1. The Balaban J connectivity index is 1.14. The summed E-state index contributed by atoms with van der Waals surface area (Å²) in [6, 6.07) is 16.0. The average Bonchev–Trinajstić information content (AvgIpc) is 3.55. The number of carbonyl (C=O) groups is 3. The third-order valence-corrected chi connectivity index (χ3v) is 13.7. The van der Waals surface area contributed by atoms with Crippen LogP contribution in [0.25, 0.3) is 0 Å². The standard InChI is InChI=1S/C38H52ClN5O7S/c1-50-37(46)42-35(36(45)41-33-11-5-9-27(33)14-17-32-23-40-31-10-6-22-52(48,49)44(32)24-31)34(28-12-15-30(39)16-13-28)29-18-20-43(21-19-29)38(47)51-25-26-7-3-2-4-8-26/h2-4,7-8,12-13,15-16,27,29,31-35,40H,5-6,9-11,14,17-25H2,1H3,(H,41,45)(H,42,46)/t27-,31-,32+,33+,34+,35-/m1/s1. The number of amides is 3. The Labute approximate surface area is 312 Å². The maximum Gasteiger partial charge on any atom is 0.410 e. The number of fused-ring (bicyclic) bond motifs is 2. The van der Waals surface area contributed by atoms with Crippen LogP contribution in [0, 0.1) is 11.8 Å². The topological polar surface area (TPSA) is 146 Å². The van der Waals surface area contributed by atoms with E-state index in [1.165, 1.54) is 7.11 Å². The number of piperidine rings is 1. The van der Waals surface area contributed by atoms with Crippen molar-refractivity contribution in [2.24, 2.45) is 11.8 Å². The third kappa shape index (κ3) is 9.58. The van der Waals surface area contributed by atoms with Crippen molar-refractivity contribution in [3.8, 4) is 0 Å². The fourth-order valence-corrected chi connectivity index (χ4v) is 10.6. The molecule has 4 fully saturated rings. The van der Waals surface area contributed by atoms with E-state index in [-0.39, 0.29) is 54.3 Å². The van der Waals surface area contributed by atoms with Crippen LogP contribution in [0.2, 0.25) is 5.02 Å². The molecule has 3 saturated heterocycles. The Morgan fingerprint density at radius 1 is 0.962 bits per heavy atom. The van der Waals surface area contributed by atoms with E-state index in [2.05, 4.69) is 16.0 Å². The van der Waals surface area contributed by atoms with E-state index in [4.69, 9.17) is 21.1 Å². The number of methoxy groups -OCH3 is 1. The molecule has 3 N–H and O–H groups in total. The number of sulfonamides is 1. The van der Waals surface area contributed by atoms with Crippen molar-refractivity contribution in [2.45, 2.75) is 94.5 Å². The molecule has 1 unspecified atom stereocenters. The molecule has 1 saturated carbocycles. The van der Waals surface area contributed by atoms with Crippen molar-refractivity contribution in [3.63, 3.8) is 0 Å². The number of piperazine rings is 1. The lowest BCUT2D eigenvalue weighted by Gasteiger charge is -2.39. The highest BCUT2D eigenvalue weighted by molar-refractivity contribution is 7.89. The Bertz CT molecular complexity index is 1620. The third-order valence-electron chi connectivity index (χ3n) is 11.5. The first kappa shape index (κ1) is 38.3. The van der Waals surface area contributed by atoms with Crippen LogP contribution in [0.15, 0.2) is 54.6 Å². The van der Waals surface area contributed by atoms with Crippen LogP contribution in [-0.2, 0) is 30.9 Å². The average molecular weight is 758 g/mol. The Kier molecular flexibility index (Phi) is 13.0. The lowest BCUT2D eigenvalue weighted by atomic mass is 9.75. The fourth-order valence-electron chi connectivity index (χ4n) is 8.67. The molecule has 2 bridgehead atoms. The van der Waals surface area contributed by atoms with Gasteiger partial charge in [0.15, 0.2) is 0 Å². The van der Waals surface area contributed by atoms with E-state index in [0.717, 1.165) is 49.7 Å². The molecule has 3 aliphatic heterocycles. The summed E-state index contributed by atoms with van der Waals surface area (Å²) in [5, 5.41) is 10.3. The Morgan fingerprint density at radius 2 is 1.71 bits per heavy atom. The van der Waals surface area contributed by atoms with E-state index < -0.39 is 28.1 Å². The molecule has 4 aliphatic rings. The summed E-state index contributed by atoms with van der Waals surface area (Å²) in [7, 11) is -2.00. The van der Waals surface area contributed by atoms with Crippen molar-refractivity contribution in [1.82, 2.24) is 25.2 Å². The molecule has 0 radical (unpaired) electrons. The number of likely N-dealkylation sites (tertiary alicyclic amines) is 1. The SMILES string of the molecule is COC(=O)N[C@@H](C(=O)N[C@H]1CCC[C@@H]1CC[C@H]1CN[C@@H]2CCCS(=O)(=O)N1C2)[C@@H](c1ccc(Cl)cc1)C1CCN(C(=O)OCc2ccccc2)CC1. The molecular weight excluding hydrogens is 706 g/mol. The number of rotatable bonds is 11. The van der Waals surface area contributed by atoms with E-state index in [9.17, 15) is 22.8 Å². The number of hydrogen-bond acceptors (Lipinski definition) is 8. The van der Waals surface area contributed by atoms with Crippen LogP contribution >= 0.6 is 11.6 Å². The number of alkyl carbamates (subject to hydrolysis) is 1. The summed E-state index contributed by atoms with van der Waals surface area (Å²) >= 11 is 6.28. The number of halogens is 1. The number of nitrogens with zero attached hydrogens (tertiary/aromatic N) is 2. The highest BCUT2D eigenvalue weighted by Crippen LogP contribution is 2.38. The van der Waals surface area contributed by atoms with Crippen molar-refractivity contribution >= 4 is 39.7 Å². The van der Waals surface area contributed by atoms with Crippen LogP contribution in [0.4, 0.5) is 9.59 Å². The largest absolute Gasteiger partial charge is 0.453 e. The van der Waals surface area contributed by atoms with Gasteiger partial charge in [-0.15, -0.1) is 0 Å². The van der Waals surface area contributed by atoms with Gasteiger partial charge < -0.3 is 30.3 Å². The van der Waals surface area contributed by atoms with Gasteiger partial charge >= 0.3 is 12.2 Å². The van der Waals surface area contributed by atoms with Crippen LogP contribution in [-0.4, -0.2) is 98.9 Å². The smallest absolute Gasteiger partial charge is 0.410 e. The van der Waals surface area contributed by atoms with Gasteiger partial charge in [-0.2, -0.15) is 4.31 Å². The zero-order chi connectivity index (χ0) is 36.7. The van der Waals surface area contributed by atoms with Crippen molar-refractivity contribution in [1.29, 1.82) is 0 Å². The molecule has 2 aromatic carbocycles. The zero-order valence-corrected chi connectivity index (χ0v) is 31.5. The molecule has 7 atom stereocenters. The number of hydrogen-bond donors (Lipinski definition) is 3. The van der Waals surface area contributed by atoms with Crippen molar-refractivity contribution < 1.29 is 32.3 Å². The minimum atomic E-state index is -3.28. The summed E-state index contributed by atoms with van der Waals surface area (Å²) in [5.41, 5.74) is 1.77. The van der Waals surface area contributed by atoms with Gasteiger partial charge in [0.1, 0.15) is 12.6 Å². The van der Waals surface area contributed by atoms with E-state index in [1.54, 1.807) is 21.3 Å². The van der Waals surface area contributed by atoms with Gasteiger partial charge in [0.05, 0.1) is 12.9 Å². The predicted octanol–water partition coefficient (Wildman–Crippen LogP) is 5.03. The summed E-state index contributed by atoms with van der Waals surface area (Å²) in [6.45, 7) is 2.26. The van der Waals surface area contributed by atoms with E-state index >= 15 is 0 Å². The van der Waals surface area contributed by atoms with Gasteiger partial charge in [-0.3, -0.25) is 4.79 Å². The fraction of sp³-hybridized carbons (Fsp3) is 0.605. The minimum absolute atomic E-state index is 0.0511. The van der Waals surface area contributed by atoms with Gasteiger partial charge in [0, 0.05) is 55.2 Å². The van der Waals surface area contributed by atoms with Gasteiger partial charge in [0.25, 0.3) is 0 Å². The summed E-state index contributed by atoms with van der Waals surface area (Å²) in [6.07, 6.45) is 5.89. The highest BCUT2D eigenvalue weighted by Gasteiger charge is 2.42. The molecule has 0 aromatic heterocycles. The molecule has 1 aliphatic carbocycles. The maximum absolute atomic E-state index is 14.4. The second-order valence-corrected chi connectivity index (χ2v) is 17.2. The number of benzene rings is 2. The molecule has 2 aromatic rings. The number of carbonyl (C=O) groups excluding carboxylic acids is 3. The van der Waals surface area contributed by atoms with Crippen LogP contribution < -0.4 is 16.0 Å². The first-order valence-corrected chi connectivity index (χ1v) is 20.7. The second-order valence-electron chi connectivity index (χ2n) is 14.7. The normalized spacial score (nSPS) is 27.1. The Morgan fingerprint density at radius 3 is 2.44 bits per heavy atom. The monoisotopic (exact) mass is 757 g/mol. The van der Waals surface area contributed by atoms with E-state index in [0.29, 0.717) is 50.5 Å². The first-order valence-electron chi connectivity index (χ1n) is 18.7. The highest BCUT2D eigenvalue weighted by atomic mass is 35.5. The van der Waals surface area contributed by atoms with Gasteiger partial charge in [0.2, 0.25) is 15.9 Å². The molecule has 12 nitrogen and oxygen atoms in total. The molecule has 6 rings (SSSR count). The lowest BCUT2D eigenvalue weighted by Crippen LogP contribution is -2.57. The molecule has 3 amide bonds. The molecule has 0 spiro atoms. The quantitative estimate of drug-likeness (QED) is 0.290. The summed E-state index contributed by atoms with van der Waals surface area (Å²) < 4.78 is 38.4. The van der Waals surface area contributed by atoms with Crippen LogP contribution in [0.5, 0.6) is 0 Å². The van der Waals surface area contributed by atoms with E-state index in [1.807, 2.05) is 42.5 Å². The van der Waals surface area contributed by atoms with Crippen molar-refractivity contribution in [3.05, 3.63) is 70.7 Å². The molecule has 14 heteroatoms. The maximum atomic E-state index is 14.4. The van der Waals surface area contributed by atoms with Gasteiger partial charge in [-0.25, -0.2) is 18.0 Å². The molecular formula is C38H52ClN5O7S. The lowest BCUT2D eigenvalue weighted by molar-refractivity contribution is -0.125. The van der Waals surface area contributed by atoms with Gasteiger partial charge in [-0.1, -0.05) is 60.5 Å². The number of nitrogens with one attached hydrogen (secondary N) is 3. The zero-order valence-electron chi connectivity index (χ0n) is 29.9. The second kappa shape index (κ2) is 17.6. The molecule has 284 valence electrons. The minimum Gasteiger partial charge on any atom is -0.453 e.